The number of carboxylic acid groups (broad SMARTS) is 1. The molecule has 0 aliphatic heterocycles. The van der Waals surface area contributed by atoms with Crippen LogP contribution < -0.4 is 10.1 Å². The number of thiazole rings is 1. The van der Waals surface area contributed by atoms with Crippen LogP contribution in [0.3, 0.4) is 0 Å². The molecule has 1 aromatic heterocycles. The highest BCUT2D eigenvalue weighted by atomic mass is 32.1. The Bertz CT molecular complexity index is 652. The van der Waals surface area contributed by atoms with E-state index in [9.17, 15) is 9.59 Å². The second kappa shape index (κ2) is 7.56. The fourth-order valence-corrected chi connectivity index (χ4v) is 2.55. The van der Waals surface area contributed by atoms with Crippen LogP contribution in [-0.2, 0) is 4.79 Å². The quantitative estimate of drug-likeness (QED) is 0.818. The van der Waals surface area contributed by atoms with Gasteiger partial charge >= 0.3 is 5.97 Å². The largest absolute Gasteiger partial charge is 0.494 e. The Hall–Kier alpha value is -2.41. The summed E-state index contributed by atoms with van der Waals surface area (Å²) in [5, 5.41) is 13.4. The Morgan fingerprint density at radius 3 is 2.68 bits per heavy atom. The van der Waals surface area contributed by atoms with E-state index in [-0.39, 0.29) is 18.9 Å². The number of benzene rings is 1. The van der Waals surface area contributed by atoms with Gasteiger partial charge in [0.15, 0.2) is 0 Å². The lowest BCUT2D eigenvalue weighted by Gasteiger charge is -2.03. The van der Waals surface area contributed by atoms with Crippen molar-refractivity contribution in [2.24, 2.45) is 0 Å². The fraction of sp³-hybridized carbons (Fsp3) is 0.267. The van der Waals surface area contributed by atoms with Crippen molar-refractivity contribution in [1.29, 1.82) is 0 Å². The Balaban J connectivity index is 2.01. The minimum Gasteiger partial charge on any atom is -0.494 e. The number of hydrogen-bond acceptors (Lipinski definition) is 5. The first-order valence-corrected chi connectivity index (χ1v) is 7.67. The van der Waals surface area contributed by atoms with E-state index >= 15 is 0 Å². The summed E-state index contributed by atoms with van der Waals surface area (Å²) in [7, 11) is 0. The van der Waals surface area contributed by atoms with Gasteiger partial charge < -0.3 is 15.2 Å². The number of ether oxygens (including phenoxy) is 1. The van der Waals surface area contributed by atoms with Gasteiger partial charge in [-0.25, -0.2) is 4.98 Å². The van der Waals surface area contributed by atoms with E-state index < -0.39 is 5.97 Å². The molecule has 1 heterocycles. The first kappa shape index (κ1) is 16.0. The van der Waals surface area contributed by atoms with Gasteiger partial charge in [-0.05, 0) is 31.2 Å². The number of aliphatic carboxylic acids is 1. The van der Waals surface area contributed by atoms with Crippen LogP contribution in [0.2, 0.25) is 0 Å². The topological polar surface area (TPSA) is 88.5 Å². The first-order valence-electron chi connectivity index (χ1n) is 6.79. The average molecular weight is 320 g/mol. The van der Waals surface area contributed by atoms with Gasteiger partial charge in [0.25, 0.3) is 5.91 Å². The molecule has 0 aliphatic carbocycles. The van der Waals surface area contributed by atoms with Crippen LogP contribution >= 0.6 is 11.3 Å². The van der Waals surface area contributed by atoms with Crippen molar-refractivity contribution >= 4 is 23.2 Å². The third-order valence-corrected chi connectivity index (χ3v) is 3.66. The van der Waals surface area contributed by atoms with E-state index in [1.807, 2.05) is 31.2 Å². The SMILES string of the molecule is CCOc1ccc(-c2nc(C(=O)NCCC(=O)O)cs2)cc1. The lowest BCUT2D eigenvalue weighted by molar-refractivity contribution is -0.136. The maximum atomic E-state index is 11.8. The van der Waals surface area contributed by atoms with Crippen molar-refractivity contribution in [3.8, 4) is 16.3 Å². The number of hydrogen-bond donors (Lipinski definition) is 2. The summed E-state index contributed by atoms with van der Waals surface area (Å²) in [6.45, 7) is 2.62. The summed E-state index contributed by atoms with van der Waals surface area (Å²) in [6.07, 6.45) is -0.109. The van der Waals surface area contributed by atoms with Gasteiger partial charge in [0, 0.05) is 17.5 Å². The standard InChI is InChI=1S/C15H16N2O4S/c1-2-21-11-5-3-10(4-6-11)15-17-12(9-22-15)14(20)16-8-7-13(18)19/h3-6,9H,2,7-8H2,1H3,(H,16,20)(H,18,19). The molecule has 0 unspecified atom stereocenters. The van der Waals surface area contributed by atoms with Crippen molar-refractivity contribution in [3.63, 3.8) is 0 Å². The number of nitrogens with zero attached hydrogens (tertiary/aromatic N) is 1. The monoisotopic (exact) mass is 320 g/mol. The summed E-state index contributed by atoms with van der Waals surface area (Å²) in [4.78, 5) is 26.5. The molecular weight excluding hydrogens is 304 g/mol. The predicted octanol–water partition coefficient (Wildman–Crippen LogP) is 2.41. The average Bonchev–Trinajstić information content (AvgIpc) is 2.98. The minimum absolute atomic E-state index is 0.0874. The number of nitrogens with one attached hydrogen (secondary N) is 1. The molecule has 0 aliphatic rings. The van der Waals surface area contributed by atoms with Crippen LogP contribution in [0.15, 0.2) is 29.6 Å². The number of aromatic nitrogens is 1. The van der Waals surface area contributed by atoms with E-state index in [1.54, 1.807) is 5.38 Å². The summed E-state index contributed by atoms with van der Waals surface area (Å²) in [5.41, 5.74) is 1.19. The highest BCUT2D eigenvalue weighted by Gasteiger charge is 2.12. The normalized spacial score (nSPS) is 10.2. The molecule has 0 saturated carbocycles. The fourth-order valence-electron chi connectivity index (χ4n) is 1.74. The smallest absolute Gasteiger partial charge is 0.305 e. The highest BCUT2D eigenvalue weighted by molar-refractivity contribution is 7.13. The zero-order valence-corrected chi connectivity index (χ0v) is 12.9. The number of carboxylic acids is 1. The van der Waals surface area contributed by atoms with Crippen LogP contribution in [-0.4, -0.2) is 35.1 Å². The maximum absolute atomic E-state index is 11.8. The van der Waals surface area contributed by atoms with Gasteiger partial charge in [-0.15, -0.1) is 11.3 Å². The molecule has 0 radical (unpaired) electrons. The van der Waals surface area contributed by atoms with E-state index in [0.29, 0.717) is 12.3 Å². The molecule has 1 amide bonds. The van der Waals surface area contributed by atoms with Crippen LogP contribution in [0, 0.1) is 0 Å². The van der Waals surface area contributed by atoms with Crippen molar-refractivity contribution in [3.05, 3.63) is 35.3 Å². The van der Waals surface area contributed by atoms with Gasteiger partial charge in [0.05, 0.1) is 13.0 Å². The lowest BCUT2D eigenvalue weighted by Crippen LogP contribution is -2.26. The van der Waals surface area contributed by atoms with Gasteiger partial charge in [-0.1, -0.05) is 0 Å². The Labute approximate surface area is 131 Å². The van der Waals surface area contributed by atoms with Gasteiger partial charge in [-0.2, -0.15) is 0 Å². The molecule has 2 aromatic rings. The minimum atomic E-state index is -0.950. The third-order valence-electron chi connectivity index (χ3n) is 2.77. The van der Waals surface area contributed by atoms with Crippen molar-refractivity contribution in [2.45, 2.75) is 13.3 Å². The molecule has 2 N–H and O–H groups in total. The number of carbonyl (C=O) groups is 2. The number of carbonyl (C=O) groups excluding carboxylic acids is 1. The van der Waals surface area contributed by atoms with Crippen molar-refractivity contribution in [2.75, 3.05) is 13.2 Å². The molecule has 0 fully saturated rings. The first-order chi connectivity index (χ1) is 10.6. The van der Waals surface area contributed by atoms with Gasteiger partial charge in [0.2, 0.25) is 0 Å². The Kier molecular flexibility index (Phi) is 5.48. The van der Waals surface area contributed by atoms with E-state index in [1.165, 1.54) is 11.3 Å². The van der Waals surface area contributed by atoms with Gasteiger partial charge in [0.1, 0.15) is 16.5 Å². The van der Waals surface area contributed by atoms with Crippen LogP contribution in [0.5, 0.6) is 5.75 Å². The number of amides is 1. The molecule has 2 rings (SSSR count). The molecule has 7 heteroatoms. The summed E-state index contributed by atoms with van der Waals surface area (Å²) in [6, 6.07) is 7.48. The van der Waals surface area contributed by atoms with E-state index in [4.69, 9.17) is 9.84 Å². The van der Waals surface area contributed by atoms with Crippen molar-refractivity contribution in [1.82, 2.24) is 10.3 Å². The Morgan fingerprint density at radius 2 is 2.05 bits per heavy atom. The molecule has 0 saturated heterocycles. The van der Waals surface area contributed by atoms with E-state index in [0.717, 1.165) is 16.3 Å². The summed E-state index contributed by atoms with van der Waals surface area (Å²) >= 11 is 1.36. The molecule has 22 heavy (non-hydrogen) atoms. The zero-order valence-electron chi connectivity index (χ0n) is 12.0. The molecule has 6 nitrogen and oxygen atoms in total. The summed E-state index contributed by atoms with van der Waals surface area (Å²) in [5.74, 6) is -0.530. The third kappa shape index (κ3) is 4.29. The second-order valence-electron chi connectivity index (χ2n) is 4.39. The second-order valence-corrected chi connectivity index (χ2v) is 5.25. The number of rotatable bonds is 7. The van der Waals surface area contributed by atoms with Crippen LogP contribution in [0.1, 0.15) is 23.8 Å². The molecule has 0 bridgehead atoms. The Morgan fingerprint density at radius 1 is 1.32 bits per heavy atom. The molecule has 0 spiro atoms. The lowest BCUT2D eigenvalue weighted by atomic mass is 10.2. The summed E-state index contributed by atoms with van der Waals surface area (Å²) < 4.78 is 5.37. The van der Waals surface area contributed by atoms with Crippen LogP contribution in [0.4, 0.5) is 0 Å². The van der Waals surface area contributed by atoms with Crippen LogP contribution in [0.25, 0.3) is 10.6 Å². The zero-order chi connectivity index (χ0) is 15.9. The molecule has 116 valence electrons. The highest BCUT2D eigenvalue weighted by Crippen LogP contribution is 2.25. The van der Waals surface area contributed by atoms with E-state index in [2.05, 4.69) is 10.3 Å². The van der Waals surface area contributed by atoms with Gasteiger partial charge in [-0.3, -0.25) is 9.59 Å². The molecule has 1 aromatic carbocycles. The predicted molar refractivity (Wildman–Crippen MR) is 83.3 cm³/mol. The van der Waals surface area contributed by atoms with Crippen molar-refractivity contribution < 1.29 is 19.4 Å². The molecular formula is C15H16N2O4S. The maximum Gasteiger partial charge on any atom is 0.305 e. The molecule has 0 atom stereocenters.